The Morgan fingerprint density at radius 3 is 2.00 bits per heavy atom. The molecule has 0 aliphatic heterocycles. The number of hydrogen-bond acceptors (Lipinski definition) is 1. The van der Waals surface area contributed by atoms with E-state index < -0.39 is 5.91 Å². The first-order valence-electron chi connectivity index (χ1n) is 9.94. The van der Waals surface area contributed by atoms with E-state index >= 15 is 0 Å². The van der Waals surface area contributed by atoms with E-state index in [1.807, 2.05) is 67.6 Å². The van der Waals surface area contributed by atoms with Crippen LogP contribution in [-0.4, -0.2) is 10.5 Å². The normalized spacial score (nSPS) is 10.9. The van der Waals surface area contributed by atoms with Crippen LogP contribution in [0.2, 0.25) is 0 Å². The molecule has 0 radical (unpaired) electrons. The molecule has 3 nitrogen and oxygen atoms in total. The lowest BCUT2D eigenvalue weighted by atomic mass is 9.96. The molecular formula is C26H23FN2O. The summed E-state index contributed by atoms with van der Waals surface area (Å²) in [6.45, 7) is 2.58. The summed E-state index contributed by atoms with van der Waals surface area (Å²) in [4.78, 5) is 12.5. The number of carbonyl (C=O) groups is 1. The molecule has 0 bridgehead atoms. The zero-order valence-corrected chi connectivity index (χ0v) is 16.8. The van der Waals surface area contributed by atoms with Crippen LogP contribution in [0.4, 0.5) is 4.39 Å². The summed E-state index contributed by atoms with van der Waals surface area (Å²) in [6, 6.07) is 26.4. The Morgan fingerprint density at radius 2 is 1.43 bits per heavy atom. The Morgan fingerprint density at radius 1 is 0.867 bits per heavy atom. The predicted molar refractivity (Wildman–Crippen MR) is 119 cm³/mol. The second-order valence-electron chi connectivity index (χ2n) is 7.31. The molecular weight excluding hydrogens is 375 g/mol. The Balaban J connectivity index is 1.90. The number of nitrogens with two attached hydrogens (primary N) is 1. The number of hydrogen-bond donors (Lipinski definition) is 1. The molecule has 4 heteroatoms. The van der Waals surface area contributed by atoms with E-state index in [4.69, 9.17) is 5.73 Å². The minimum Gasteiger partial charge on any atom is -0.366 e. The monoisotopic (exact) mass is 398 g/mol. The fraction of sp³-hybridized carbons (Fsp3) is 0.115. The molecule has 0 spiro atoms. The molecule has 0 saturated heterocycles. The number of aromatic nitrogens is 1. The highest BCUT2D eigenvalue weighted by Gasteiger charge is 2.25. The molecule has 0 unspecified atom stereocenters. The van der Waals surface area contributed by atoms with Gasteiger partial charge < -0.3 is 10.3 Å². The van der Waals surface area contributed by atoms with E-state index in [2.05, 4.69) is 4.57 Å². The van der Waals surface area contributed by atoms with Crippen molar-refractivity contribution < 1.29 is 9.18 Å². The highest BCUT2D eigenvalue weighted by Crippen LogP contribution is 2.39. The van der Waals surface area contributed by atoms with Crippen molar-refractivity contribution in [2.24, 2.45) is 5.73 Å². The van der Waals surface area contributed by atoms with Gasteiger partial charge in [-0.05, 0) is 42.2 Å². The molecule has 0 fully saturated rings. The zero-order valence-electron chi connectivity index (χ0n) is 16.8. The van der Waals surface area contributed by atoms with Gasteiger partial charge in [0.25, 0.3) is 5.91 Å². The third-order valence-electron chi connectivity index (χ3n) is 5.42. The van der Waals surface area contributed by atoms with Gasteiger partial charge in [0.15, 0.2) is 0 Å². The third kappa shape index (κ3) is 3.77. The highest BCUT2D eigenvalue weighted by molar-refractivity contribution is 6.05. The van der Waals surface area contributed by atoms with Gasteiger partial charge in [-0.15, -0.1) is 0 Å². The standard InChI is InChI=1S/C26H23FN2O/c1-18-23(26(28)30)24(20-8-4-2-5-9-20)25(21-10-6-3-7-11-21)29(18)17-16-19-12-14-22(27)15-13-19/h2-15H,16-17H2,1H3,(H2,28,30). The van der Waals surface area contributed by atoms with E-state index in [1.54, 1.807) is 12.1 Å². The number of carbonyl (C=O) groups excluding carboxylic acids is 1. The van der Waals surface area contributed by atoms with Gasteiger partial charge >= 0.3 is 0 Å². The average Bonchev–Trinajstić information content (AvgIpc) is 3.07. The topological polar surface area (TPSA) is 48.0 Å². The number of nitrogens with zero attached hydrogens (tertiary/aromatic N) is 1. The van der Waals surface area contributed by atoms with E-state index in [0.29, 0.717) is 18.5 Å². The SMILES string of the molecule is Cc1c(C(N)=O)c(-c2ccccc2)c(-c2ccccc2)n1CCc1ccc(F)cc1. The smallest absolute Gasteiger partial charge is 0.251 e. The maximum Gasteiger partial charge on any atom is 0.251 e. The molecule has 1 aromatic heterocycles. The molecule has 3 aromatic carbocycles. The second kappa shape index (κ2) is 8.37. The summed E-state index contributed by atoms with van der Waals surface area (Å²) in [5, 5.41) is 0. The van der Waals surface area contributed by atoms with Gasteiger partial charge in [-0.2, -0.15) is 0 Å². The molecule has 0 atom stereocenters. The number of rotatable bonds is 6. The van der Waals surface area contributed by atoms with Crippen LogP contribution in [-0.2, 0) is 13.0 Å². The van der Waals surface area contributed by atoms with Crippen LogP contribution in [0.1, 0.15) is 21.6 Å². The Hall–Kier alpha value is -3.66. The minimum atomic E-state index is -0.441. The van der Waals surface area contributed by atoms with Crippen molar-refractivity contribution >= 4 is 5.91 Å². The van der Waals surface area contributed by atoms with E-state index in [9.17, 15) is 9.18 Å². The van der Waals surface area contributed by atoms with Crippen molar-refractivity contribution in [2.75, 3.05) is 0 Å². The largest absolute Gasteiger partial charge is 0.366 e. The Labute approximate surface area is 175 Å². The maximum atomic E-state index is 13.3. The van der Waals surface area contributed by atoms with Gasteiger partial charge in [-0.3, -0.25) is 4.79 Å². The third-order valence-corrected chi connectivity index (χ3v) is 5.42. The van der Waals surface area contributed by atoms with Gasteiger partial charge in [-0.25, -0.2) is 4.39 Å². The molecule has 4 rings (SSSR count). The lowest BCUT2D eigenvalue weighted by Gasteiger charge is -2.14. The van der Waals surface area contributed by atoms with Gasteiger partial charge in [-0.1, -0.05) is 72.8 Å². The molecule has 2 N–H and O–H groups in total. The fourth-order valence-corrected chi connectivity index (χ4v) is 3.99. The van der Waals surface area contributed by atoms with E-state index in [0.717, 1.165) is 33.6 Å². The lowest BCUT2D eigenvalue weighted by Crippen LogP contribution is -2.13. The van der Waals surface area contributed by atoms with Crippen molar-refractivity contribution in [1.82, 2.24) is 4.57 Å². The van der Waals surface area contributed by atoms with Crippen LogP contribution in [0.15, 0.2) is 84.9 Å². The molecule has 4 aromatic rings. The van der Waals surface area contributed by atoms with Gasteiger partial charge in [0.2, 0.25) is 0 Å². The highest BCUT2D eigenvalue weighted by atomic mass is 19.1. The summed E-state index contributed by atoms with van der Waals surface area (Å²) < 4.78 is 15.4. The summed E-state index contributed by atoms with van der Waals surface area (Å²) in [7, 11) is 0. The van der Waals surface area contributed by atoms with Crippen molar-refractivity contribution in [3.05, 3.63) is 108 Å². The molecule has 150 valence electrons. The summed E-state index contributed by atoms with van der Waals surface area (Å²) in [5.74, 6) is -0.688. The molecule has 1 heterocycles. The van der Waals surface area contributed by atoms with Crippen LogP contribution in [0.5, 0.6) is 0 Å². The van der Waals surface area contributed by atoms with Crippen LogP contribution in [0, 0.1) is 12.7 Å². The number of halogens is 1. The molecule has 1 amide bonds. The van der Waals surface area contributed by atoms with Crippen LogP contribution in [0.25, 0.3) is 22.4 Å². The average molecular weight is 398 g/mol. The minimum absolute atomic E-state index is 0.247. The molecule has 30 heavy (non-hydrogen) atoms. The Kier molecular flexibility index (Phi) is 5.48. The number of amides is 1. The predicted octanol–water partition coefficient (Wildman–Crippen LogP) is 5.61. The quantitative estimate of drug-likeness (QED) is 0.451. The van der Waals surface area contributed by atoms with Crippen LogP contribution < -0.4 is 5.73 Å². The van der Waals surface area contributed by atoms with E-state index in [-0.39, 0.29) is 5.82 Å². The van der Waals surface area contributed by atoms with Crippen LogP contribution >= 0.6 is 0 Å². The van der Waals surface area contributed by atoms with Crippen molar-refractivity contribution in [1.29, 1.82) is 0 Å². The van der Waals surface area contributed by atoms with Crippen molar-refractivity contribution in [3.63, 3.8) is 0 Å². The van der Waals surface area contributed by atoms with Crippen LogP contribution in [0.3, 0.4) is 0 Å². The fourth-order valence-electron chi connectivity index (χ4n) is 3.99. The lowest BCUT2D eigenvalue weighted by molar-refractivity contribution is 0.1000. The van der Waals surface area contributed by atoms with E-state index in [1.165, 1.54) is 12.1 Å². The first kappa shape index (κ1) is 19.6. The second-order valence-corrected chi connectivity index (χ2v) is 7.31. The summed E-state index contributed by atoms with van der Waals surface area (Å²) in [5.41, 5.74) is 12.0. The molecule has 0 aliphatic rings. The first-order valence-corrected chi connectivity index (χ1v) is 9.94. The first-order chi connectivity index (χ1) is 14.6. The number of aryl methyl sites for hydroxylation is 1. The Bertz CT molecular complexity index is 1160. The summed E-state index contributed by atoms with van der Waals surface area (Å²) in [6.07, 6.45) is 0.710. The maximum absolute atomic E-state index is 13.3. The molecule has 0 saturated carbocycles. The zero-order chi connectivity index (χ0) is 21.1. The molecule has 0 aliphatic carbocycles. The van der Waals surface area contributed by atoms with Gasteiger partial charge in [0.05, 0.1) is 11.3 Å². The summed E-state index contributed by atoms with van der Waals surface area (Å²) >= 11 is 0. The number of primary amides is 1. The van der Waals surface area contributed by atoms with Gasteiger partial charge in [0.1, 0.15) is 5.82 Å². The van der Waals surface area contributed by atoms with Crippen molar-refractivity contribution in [3.8, 4) is 22.4 Å². The number of benzene rings is 3. The van der Waals surface area contributed by atoms with Gasteiger partial charge in [0, 0.05) is 17.8 Å². The van der Waals surface area contributed by atoms with Crippen molar-refractivity contribution in [2.45, 2.75) is 19.9 Å².